The summed E-state index contributed by atoms with van der Waals surface area (Å²) in [4.78, 5) is 29.3. The quantitative estimate of drug-likeness (QED) is 0.309. The van der Waals surface area contributed by atoms with Crippen LogP contribution in [0.1, 0.15) is 38.3 Å². The normalized spacial score (nSPS) is 14.0. The highest BCUT2D eigenvalue weighted by Crippen LogP contribution is 2.35. The summed E-state index contributed by atoms with van der Waals surface area (Å²) in [5, 5.41) is 2.96. The molecule has 3 aromatic carbocycles. The second-order valence-corrected chi connectivity index (χ2v) is 12.6. The van der Waals surface area contributed by atoms with E-state index in [1.807, 2.05) is 44.2 Å². The van der Waals surface area contributed by atoms with E-state index >= 15 is 0 Å². The van der Waals surface area contributed by atoms with E-state index in [9.17, 15) is 22.4 Å². The molecule has 0 radical (unpaired) electrons. The van der Waals surface area contributed by atoms with Crippen LogP contribution in [0.3, 0.4) is 0 Å². The maximum Gasteiger partial charge on any atom is 0.244 e. The summed E-state index contributed by atoms with van der Waals surface area (Å²) in [6.45, 7) is 5.11. The number of rotatable bonds is 13. The molecule has 1 heterocycles. The van der Waals surface area contributed by atoms with Crippen molar-refractivity contribution in [2.75, 3.05) is 29.8 Å². The first-order valence-electron chi connectivity index (χ1n) is 14.4. The lowest BCUT2D eigenvalue weighted by Crippen LogP contribution is -2.54. The summed E-state index contributed by atoms with van der Waals surface area (Å²) in [6.07, 6.45) is 0.811. The van der Waals surface area contributed by atoms with Gasteiger partial charge in [-0.2, -0.15) is 0 Å². The summed E-state index contributed by atoms with van der Waals surface area (Å²) in [6, 6.07) is 18.7. The number of benzene rings is 3. The van der Waals surface area contributed by atoms with Gasteiger partial charge in [0.1, 0.15) is 31.6 Å². The molecule has 9 nitrogen and oxygen atoms in total. The molecule has 2 atom stereocenters. The summed E-state index contributed by atoms with van der Waals surface area (Å²) < 4.78 is 53.9. The molecule has 0 aliphatic carbocycles. The van der Waals surface area contributed by atoms with Gasteiger partial charge in [-0.15, -0.1) is 0 Å². The summed E-state index contributed by atoms with van der Waals surface area (Å²) >= 11 is 0. The summed E-state index contributed by atoms with van der Waals surface area (Å²) in [5.74, 6) is -1.04. The number of anilines is 1. The first kappa shape index (κ1) is 31.8. The van der Waals surface area contributed by atoms with Gasteiger partial charge in [0, 0.05) is 30.6 Å². The van der Waals surface area contributed by atoms with Gasteiger partial charge in [-0.1, -0.05) is 55.5 Å². The number of hydrogen-bond acceptors (Lipinski definition) is 6. The third-order valence-corrected chi connectivity index (χ3v) is 9.10. The molecule has 0 spiro atoms. The SMILES string of the molecule is CC[C@@H](C)NC(=O)[C@H](Cc1ccccc1)N(Cc1ccccc1F)C(=O)CN(c1ccc2c(c1)OCCO2)S(=O)(=O)CC. The number of amides is 2. The largest absolute Gasteiger partial charge is 0.486 e. The highest BCUT2D eigenvalue weighted by molar-refractivity contribution is 7.92. The average molecular weight is 612 g/mol. The topological polar surface area (TPSA) is 105 Å². The molecule has 11 heteroatoms. The Kier molecular flexibility index (Phi) is 10.6. The minimum atomic E-state index is -3.96. The first-order chi connectivity index (χ1) is 20.6. The zero-order valence-electron chi connectivity index (χ0n) is 24.7. The number of carbonyl (C=O) groups excluding carboxylic acids is 2. The molecule has 0 unspecified atom stereocenters. The van der Waals surface area contributed by atoms with E-state index in [0.717, 1.165) is 9.87 Å². The molecular weight excluding hydrogens is 573 g/mol. The molecule has 0 aromatic heterocycles. The van der Waals surface area contributed by atoms with E-state index in [4.69, 9.17) is 9.47 Å². The van der Waals surface area contributed by atoms with E-state index < -0.39 is 40.2 Å². The Balaban J connectivity index is 1.76. The van der Waals surface area contributed by atoms with Gasteiger partial charge in [0.15, 0.2) is 11.5 Å². The van der Waals surface area contributed by atoms with Crippen LogP contribution < -0.4 is 19.1 Å². The Hall–Kier alpha value is -4.12. The van der Waals surface area contributed by atoms with Crippen LogP contribution >= 0.6 is 0 Å². The second-order valence-electron chi connectivity index (χ2n) is 10.4. The van der Waals surface area contributed by atoms with E-state index in [0.29, 0.717) is 31.1 Å². The van der Waals surface area contributed by atoms with Gasteiger partial charge in [0.05, 0.1) is 11.4 Å². The Morgan fingerprint density at radius 3 is 2.30 bits per heavy atom. The monoisotopic (exact) mass is 611 g/mol. The van der Waals surface area contributed by atoms with Crippen LogP contribution in [0.4, 0.5) is 10.1 Å². The fourth-order valence-electron chi connectivity index (χ4n) is 4.71. The number of fused-ring (bicyclic) bond motifs is 1. The Morgan fingerprint density at radius 2 is 1.63 bits per heavy atom. The van der Waals surface area contributed by atoms with E-state index in [2.05, 4.69) is 5.32 Å². The van der Waals surface area contributed by atoms with Crippen LogP contribution in [0.25, 0.3) is 0 Å². The van der Waals surface area contributed by atoms with Crippen molar-refractivity contribution in [3.63, 3.8) is 0 Å². The van der Waals surface area contributed by atoms with Crippen LogP contribution in [-0.2, 0) is 32.6 Å². The van der Waals surface area contributed by atoms with Crippen molar-refractivity contribution in [3.05, 3.63) is 89.7 Å². The molecule has 1 aliphatic rings. The molecule has 230 valence electrons. The van der Waals surface area contributed by atoms with Crippen molar-refractivity contribution in [1.29, 1.82) is 0 Å². The zero-order chi connectivity index (χ0) is 31.0. The molecule has 2 amide bonds. The number of nitrogens with zero attached hydrogens (tertiary/aromatic N) is 2. The highest BCUT2D eigenvalue weighted by atomic mass is 32.2. The first-order valence-corrected chi connectivity index (χ1v) is 16.0. The van der Waals surface area contributed by atoms with E-state index in [-0.39, 0.29) is 36.0 Å². The zero-order valence-corrected chi connectivity index (χ0v) is 25.5. The van der Waals surface area contributed by atoms with Crippen molar-refractivity contribution in [2.24, 2.45) is 0 Å². The third-order valence-electron chi connectivity index (χ3n) is 7.36. The molecule has 1 aliphatic heterocycles. The maximum absolute atomic E-state index is 14.9. The molecule has 0 bridgehead atoms. The van der Waals surface area contributed by atoms with Gasteiger partial charge in [-0.3, -0.25) is 13.9 Å². The van der Waals surface area contributed by atoms with Crippen molar-refractivity contribution in [2.45, 2.75) is 52.2 Å². The highest BCUT2D eigenvalue weighted by Gasteiger charge is 2.34. The smallest absolute Gasteiger partial charge is 0.244 e. The molecule has 43 heavy (non-hydrogen) atoms. The third kappa shape index (κ3) is 8.04. The predicted octanol–water partition coefficient (Wildman–Crippen LogP) is 4.31. The lowest BCUT2D eigenvalue weighted by molar-refractivity contribution is -0.140. The van der Waals surface area contributed by atoms with Gasteiger partial charge < -0.3 is 19.7 Å². The second kappa shape index (κ2) is 14.4. The van der Waals surface area contributed by atoms with Crippen LogP contribution in [-0.4, -0.2) is 62.7 Å². The van der Waals surface area contributed by atoms with Crippen molar-refractivity contribution in [1.82, 2.24) is 10.2 Å². The fraction of sp³-hybridized carbons (Fsp3) is 0.375. The summed E-state index contributed by atoms with van der Waals surface area (Å²) in [5.41, 5.74) is 1.21. The average Bonchev–Trinajstić information content (AvgIpc) is 3.02. The van der Waals surface area contributed by atoms with Gasteiger partial charge in [0.2, 0.25) is 21.8 Å². The number of hydrogen-bond donors (Lipinski definition) is 1. The Labute approximate surface area is 252 Å². The van der Waals surface area contributed by atoms with E-state index in [1.54, 1.807) is 30.3 Å². The van der Waals surface area contributed by atoms with Crippen LogP contribution in [0.5, 0.6) is 11.5 Å². The summed E-state index contributed by atoms with van der Waals surface area (Å²) in [7, 11) is -3.96. The molecule has 0 saturated carbocycles. The standard InChI is InChI=1S/C32H38FN3O6S/c1-4-23(3)34-32(38)28(19-24-11-7-6-8-12-24)35(21-25-13-9-10-14-27(25)33)31(37)22-36(43(39,40)5-2)26-15-16-29-30(20-26)42-18-17-41-29/h6-16,20,23,28H,4-5,17-19,21-22H2,1-3H3,(H,34,38)/t23-,28+/m1/s1. The van der Waals surface area contributed by atoms with Crippen molar-refractivity contribution >= 4 is 27.5 Å². The van der Waals surface area contributed by atoms with Crippen LogP contribution in [0, 0.1) is 5.82 Å². The molecular formula is C32H38FN3O6S. The van der Waals surface area contributed by atoms with Crippen LogP contribution in [0.2, 0.25) is 0 Å². The fourth-order valence-corrected chi connectivity index (χ4v) is 5.77. The maximum atomic E-state index is 14.9. The Bertz CT molecular complexity index is 1520. The minimum Gasteiger partial charge on any atom is -0.486 e. The van der Waals surface area contributed by atoms with E-state index in [1.165, 1.54) is 24.0 Å². The molecule has 4 rings (SSSR count). The van der Waals surface area contributed by atoms with Gasteiger partial charge in [-0.25, -0.2) is 12.8 Å². The van der Waals surface area contributed by atoms with Crippen LogP contribution in [0.15, 0.2) is 72.8 Å². The van der Waals surface area contributed by atoms with Crippen molar-refractivity contribution < 1.29 is 31.9 Å². The molecule has 1 N–H and O–H groups in total. The number of sulfonamides is 1. The molecule has 0 fully saturated rings. The van der Waals surface area contributed by atoms with Gasteiger partial charge in [-0.05, 0) is 44.0 Å². The number of halogens is 1. The lowest BCUT2D eigenvalue weighted by Gasteiger charge is -2.34. The van der Waals surface area contributed by atoms with Crippen molar-refractivity contribution in [3.8, 4) is 11.5 Å². The molecule has 3 aromatic rings. The van der Waals surface area contributed by atoms with Gasteiger partial charge in [0.25, 0.3) is 0 Å². The lowest BCUT2D eigenvalue weighted by atomic mass is 10.0. The molecule has 0 saturated heterocycles. The van der Waals surface area contributed by atoms with Gasteiger partial charge >= 0.3 is 0 Å². The number of ether oxygens (including phenoxy) is 2. The Morgan fingerprint density at radius 1 is 0.953 bits per heavy atom. The number of carbonyl (C=O) groups is 2. The number of nitrogens with one attached hydrogen (secondary N) is 1. The predicted molar refractivity (Wildman–Crippen MR) is 163 cm³/mol. The minimum absolute atomic E-state index is 0.147.